The molecule has 0 aliphatic rings. The van der Waals surface area contributed by atoms with Crippen molar-refractivity contribution in [2.24, 2.45) is 0 Å². The highest BCUT2D eigenvalue weighted by Crippen LogP contribution is 2.23. The normalized spacial score (nSPS) is 10.0. The molecule has 0 aliphatic heterocycles. The number of nitrogens with zero attached hydrogens (tertiary/aromatic N) is 1. The van der Waals surface area contributed by atoms with E-state index in [-0.39, 0.29) is 5.91 Å². The van der Waals surface area contributed by atoms with E-state index in [1.165, 1.54) is 0 Å². The molecule has 1 aromatic heterocycles. The van der Waals surface area contributed by atoms with Gasteiger partial charge >= 0.3 is 0 Å². The summed E-state index contributed by atoms with van der Waals surface area (Å²) in [6.07, 6.45) is 0. The van der Waals surface area contributed by atoms with Crippen LogP contribution < -0.4 is 14.8 Å². The molecule has 0 spiro atoms. The topological polar surface area (TPSA) is 60.5 Å². The zero-order valence-corrected chi connectivity index (χ0v) is 12.3. The zero-order valence-electron chi connectivity index (χ0n) is 12.3. The predicted molar refractivity (Wildman–Crippen MR) is 79.7 cm³/mol. The molecule has 0 saturated carbocycles. The van der Waals surface area contributed by atoms with Crippen LogP contribution in [0, 0.1) is 6.92 Å². The second kappa shape index (κ2) is 6.74. The summed E-state index contributed by atoms with van der Waals surface area (Å²) in [5.41, 5.74) is 2.05. The number of aryl methyl sites for hydroxylation is 1. The molecule has 0 bridgehead atoms. The lowest BCUT2D eigenvalue weighted by molar-refractivity contribution is 0.0945. The second-order valence-electron chi connectivity index (χ2n) is 4.52. The summed E-state index contributed by atoms with van der Waals surface area (Å²) in [4.78, 5) is 16.3. The third-order valence-electron chi connectivity index (χ3n) is 3.05. The van der Waals surface area contributed by atoms with Crippen molar-refractivity contribution >= 4 is 5.91 Å². The number of carbonyl (C=O) groups excluding carboxylic acids is 1. The van der Waals surface area contributed by atoms with Crippen LogP contribution in [0.4, 0.5) is 0 Å². The van der Waals surface area contributed by atoms with Crippen molar-refractivity contribution in [3.05, 3.63) is 53.3 Å². The maximum absolute atomic E-state index is 12.1. The average molecular weight is 286 g/mol. The summed E-state index contributed by atoms with van der Waals surface area (Å²) in [7, 11) is 3.19. The minimum atomic E-state index is -0.219. The van der Waals surface area contributed by atoms with Gasteiger partial charge in [0.1, 0.15) is 17.2 Å². The summed E-state index contributed by atoms with van der Waals surface area (Å²) in [6, 6.07) is 10.8. The third kappa shape index (κ3) is 3.72. The van der Waals surface area contributed by atoms with Gasteiger partial charge in [-0.25, -0.2) is 4.98 Å². The van der Waals surface area contributed by atoms with Crippen LogP contribution >= 0.6 is 0 Å². The Morgan fingerprint density at radius 3 is 2.67 bits per heavy atom. The van der Waals surface area contributed by atoms with Gasteiger partial charge < -0.3 is 14.8 Å². The lowest BCUT2D eigenvalue weighted by atomic mass is 10.2. The SMILES string of the molecule is COc1ccc(OC)c(CNC(=O)c2cccc(C)n2)c1. The Labute approximate surface area is 123 Å². The molecule has 0 saturated heterocycles. The number of methoxy groups -OCH3 is 2. The number of benzene rings is 1. The molecule has 1 amide bonds. The van der Waals surface area contributed by atoms with Crippen molar-refractivity contribution in [2.75, 3.05) is 14.2 Å². The molecule has 0 radical (unpaired) electrons. The van der Waals surface area contributed by atoms with E-state index in [9.17, 15) is 4.79 Å². The summed E-state index contributed by atoms with van der Waals surface area (Å²) in [5, 5.41) is 2.83. The van der Waals surface area contributed by atoms with E-state index in [0.717, 1.165) is 11.3 Å². The number of pyridine rings is 1. The molecule has 5 nitrogen and oxygen atoms in total. The molecule has 1 heterocycles. The first-order chi connectivity index (χ1) is 10.1. The van der Waals surface area contributed by atoms with Gasteiger partial charge in [-0.3, -0.25) is 4.79 Å². The molecule has 2 rings (SSSR count). The van der Waals surface area contributed by atoms with E-state index >= 15 is 0 Å². The number of carbonyl (C=O) groups is 1. The maximum Gasteiger partial charge on any atom is 0.270 e. The summed E-state index contributed by atoms with van der Waals surface area (Å²) >= 11 is 0. The van der Waals surface area contributed by atoms with Gasteiger partial charge in [-0.2, -0.15) is 0 Å². The molecule has 1 N–H and O–H groups in total. The zero-order chi connectivity index (χ0) is 15.2. The molecule has 1 aromatic carbocycles. The molecule has 21 heavy (non-hydrogen) atoms. The Balaban J connectivity index is 2.10. The largest absolute Gasteiger partial charge is 0.497 e. The molecule has 0 unspecified atom stereocenters. The van der Waals surface area contributed by atoms with Gasteiger partial charge in [-0.1, -0.05) is 6.07 Å². The molecular formula is C16H18N2O3. The van der Waals surface area contributed by atoms with Gasteiger partial charge in [-0.05, 0) is 37.3 Å². The van der Waals surface area contributed by atoms with Crippen LogP contribution in [0.5, 0.6) is 11.5 Å². The van der Waals surface area contributed by atoms with E-state index in [4.69, 9.17) is 9.47 Å². The highest BCUT2D eigenvalue weighted by molar-refractivity contribution is 5.92. The first-order valence-electron chi connectivity index (χ1n) is 6.57. The smallest absolute Gasteiger partial charge is 0.270 e. The highest BCUT2D eigenvalue weighted by Gasteiger charge is 2.10. The van der Waals surface area contributed by atoms with E-state index in [2.05, 4.69) is 10.3 Å². The monoisotopic (exact) mass is 286 g/mol. The van der Waals surface area contributed by atoms with Gasteiger partial charge in [0, 0.05) is 17.8 Å². The Morgan fingerprint density at radius 2 is 2.00 bits per heavy atom. The Bertz CT molecular complexity index is 641. The fourth-order valence-corrected chi connectivity index (χ4v) is 1.96. The van der Waals surface area contributed by atoms with Crippen LogP contribution in [-0.4, -0.2) is 25.1 Å². The fourth-order valence-electron chi connectivity index (χ4n) is 1.96. The Hall–Kier alpha value is -2.56. The Kier molecular flexibility index (Phi) is 4.77. The molecule has 0 atom stereocenters. The van der Waals surface area contributed by atoms with Crippen LogP contribution in [0.25, 0.3) is 0 Å². The lowest BCUT2D eigenvalue weighted by Crippen LogP contribution is -2.24. The van der Waals surface area contributed by atoms with Crippen molar-refractivity contribution in [3.63, 3.8) is 0 Å². The quantitative estimate of drug-likeness (QED) is 0.916. The number of hydrogen-bond acceptors (Lipinski definition) is 4. The highest BCUT2D eigenvalue weighted by atomic mass is 16.5. The van der Waals surface area contributed by atoms with Crippen LogP contribution in [-0.2, 0) is 6.54 Å². The van der Waals surface area contributed by atoms with E-state index in [0.29, 0.717) is 23.7 Å². The number of rotatable bonds is 5. The van der Waals surface area contributed by atoms with Crippen LogP contribution in [0.15, 0.2) is 36.4 Å². The molecular weight excluding hydrogens is 268 g/mol. The minimum Gasteiger partial charge on any atom is -0.497 e. The van der Waals surface area contributed by atoms with Crippen LogP contribution in [0.2, 0.25) is 0 Å². The Morgan fingerprint density at radius 1 is 1.19 bits per heavy atom. The lowest BCUT2D eigenvalue weighted by Gasteiger charge is -2.11. The number of amides is 1. The number of aromatic nitrogens is 1. The second-order valence-corrected chi connectivity index (χ2v) is 4.52. The fraction of sp³-hybridized carbons (Fsp3) is 0.250. The van der Waals surface area contributed by atoms with Crippen molar-refractivity contribution in [3.8, 4) is 11.5 Å². The van der Waals surface area contributed by atoms with E-state index < -0.39 is 0 Å². The van der Waals surface area contributed by atoms with Gasteiger partial charge in [0.15, 0.2) is 0 Å². The predicted octanol–water partition coefficient (Wildman–Crippen LogP) is 2.34. The molecule has 0 fully saturated rings. The van der Waals surface area contributed by atoms with E-state index in [1.54, 1.807) is 20.3 Å². The van der Waals surface area contributed by atoms with Crippen LogP contribution in [0.1, 0.15) is 21.7 Å². The minimum absolute atomic E-state index is 0.219. The van der Waals surface area contributed by atoms with Crippen molar-refractivity contribution in [1.29, 1.82) is 0 Å². The first-order valence-corrected chi connectivity index (χ1v) is 6.57. The standard InChI is InChI=1S/C16H18N2O3/c1-11-5-4-6-14(18-11)16(19)17-10-12-9-13(20-2)7-8-15(12)21-3/h4-9H,10H2,1-3H3,(H,17,19). The first kappa shape index (κ1) is 14.8. The average Bonchev–Trinajstić information content (AvgIpc) is 2.52. The van der Waals surface area contributed by atoms with Gasteiger partial charge in [0.05, 0.1) is 14.2 Å². The van der Waals surface area contributed by atoms with Gasteiger partial charge in [-0.15, -0.1) is 0 Å². The number of nitrogens with one attached hydrogen (secondary N) is 1. The molecule has 110 valence electrons. The number of ether oxygens (including phenoxy) is 2. The van der Waals surface area contributed by atoms with E-state index in [1.807, 2.05) is 37.3 Å². The van der Waals surface area contributed by atoms with Crippen molar-refractivity contribution in [2.45, 2.75) is 13.5 Å². The summed E-state index contributed by atoms with van der Waals surface area (Å²) in [6.45, 7) is 2.19. The van der Waals surface area contributed by atoms with Crippen LogP contribution in [0.3, 0.4) is 0 Å². The molecule has 5 heteroatoms. The third-order valence-corrected chi connectivity index (χ3v) is 3.05. The summed E-state index contributed by atoms with van der Waals surface area (Å²) < 4.78 is 10.5. The van der Waals surface area contributed by atoms with Gasteiger partial charge in [0.2, 0.25) is 0 Å². The number of hydrogen-bond donors (Lipinski definition) is 1. The van der Waals surface area contributed by atoms with Crippen molar-refractivity contribution < 1.29 is 14.3 Å². The van der Waals surface area contributed by atoms with Gasteiger partial charge in [0.25, 0.3) is 5.91 Å². The van der Waals surface area contributed by atoms with Crippen molar-refractivity contribution in [1.82, 2.24) is 10.3 Å². The maximum atomic E-state index is 12.1. The summed E-state index contributed by atoms with van der Waals surface area (Å²) in [5.74, 6) is 1.20. The molecule has 0 aliphatic carbocycles. The molecule has 2 aromatic rings.